The number of halogens is 2. The summed E-state index contributed by atoms with van der Waals surface area (Å²) in [7, 11) is 1.94. The standard InChI is InChI=1S/C24H27F2N5O/c1-14-8-22(28-11-20(14)26)30-23(32)19-10-24(19,17-6-5-7-18(25)9-17)13-31(4)21-12-27-16(3)29-15(21)2/h5-8,11-12,17,19H,9-10,13H2,1-4H3,(H,28,30,32)/t17?,19-,24+/m0/s1. The largest absolute Gasteiger partial charge is 0.371 e. The molecule has 0 bridgehead atoms. The van der Waals surface area contributed by atoms with Crippen molar-refractivity contribution in [2.24, 2.45) is 17.3 Å². The fraction of sp³-hybridized carbons (Fsp3) is 0.417. The average molecular weight is 440 g/mol. The zero-order valence-electron chi connectivity index (χ0n) is 18.7. The minimum absolute atomic E-state index is 0.111. The molecule has 32 heavy (non-hydrogen) atoms. The van der Waals surface area contributed by atoms with Gasteiger partial charge in [0.25, 0.3) is 0 Å². The van der Waals surface area contributed by atoms with Crippen LogP contribution in [-0.4, -0.2) is 34.5 Å². The maximum atomic E-state index is 14.1. The third-order valence-corrected chi connectivity index (χ3v) is 6.52. The van der Waals surface area contributed by atoms with Crippen LogP contribution in [-0.2, 0) is 4.79 Å². The Balaban J connectivity index is 1.57. The number of pyridine rings is 1. The summed E-state index contributed by atoms with van der Waals surface area (Å²) in [5, 5.41) is 2.82. The van der Waals surface area contributed by atoms with Gasteiger partial charge in [-0.25, -0.2) is 23.7 Å². The first-order chi connectivity index (χ1) is 15.2. The number of carbonyl (C=O) groups excluding carboxylic acids is 1. The molecule has 4 rings (SSSR count). The second-order valence-electron chi connectivity index (χ2n) is 8.85. The Morgan fingerprint density at radius 1 is 1.25 bits per heavy atom. The van der Waals surface area contributed by atoms with E-state index in [0.29, 0.717) is 30.2 Å². The van der Waals surface area contributed by atoms with E-state index in [4.69, 9.17) is 0 Å². The highest BCUT2D eigenvalue weighted by atomic mass is 19.1. The second-order valence-corrected chi connectivity index (χ2v) is 8.85. The summed E-state index contributed by atoms with van der Waals surface area (Å²) in [6.07, 6.45) is 8.96. The van der Waals surface area contributed by atoms with Gasteiger partial charge in [-0.3, -0.25) is 4.79 Å². The molecule has 2 aromatic heterocycles. The van der Waals surface area contributed by atoms with Crippen molar-refractivity contribution in [1.29, 1.82) is 0 Å². The lowest BCUT2D eigenvalue weighted by molar-refractivity contribution is -0.118. The molecule has 1 fully saturated rings. The van der Waals surface area contributed by atoms with Crippen LogP contribution in [0, 0.1) is 43.8 Å². The lowest BCUT2D eigenvalue weighted by Gasteiger charge is -2.32. The lowest BCUT2D eigenvalue weighted by atomic mass is 9.81. The van der Waals surface area contributed by atoms with Crippen molar-refractivity contribution >= 4 is 17.4 Å². The molecule has 0 aromatic carbocycles. The molecule has 2 aliphatic carbocycles. The number of carbonyl (C=O) groups is 1. The molecule has 0 saturated heterocycles. The summed E-state index contributed by atoms with van der Waals surface area (Å²) in [5.74, 6) is -0.202. The highest BCUT2D eigenvalue weighted by Gasteiger charge is 2.62. The molecule has 8 heteroatoms. The molecule has 0 radical (unpaired) electrons. The van der Waals surface area contributed by atoms with Gasteiger partial charge in [0.1, 0.15) is 23.3 Å². The van der Waals surface area contributed by atoms with Crippen molar-refractivity contribution in [2.45, 2.75) is 33.6 Å². The van der Waals surface area contributed by atoms with Crippen LogP contribution in [0.1, 0.15) is 29.9 Å². The van der Waals surface area contributed by atoms with Gasteiger partial charge < -0.3 is 10.2 Å². The van der Waals surface area contributed by atoms with E-state index in [1.165, 1.54) is 12.1 Å². The van der Waals surface area contributed by atoms with Gasteiger partial charge in [-0.1, -0.05) is 12.2 Å². The molecule has 2 heterocycles. The van der Waals surface area contributed by atoms with E-state index in [9.17, 15) is 13.6 Å². The predicted molar refractivity (Wildman–Crippen MR) is 119 cm³/mol. The van der Waals surface area contributed by atoms with Crippen LogP contribution in [0.4, 0.5) is 20.3 Å². The molecular weight excluding hydrogens is 412 g/mol. The van der Waals surface area contributed by atoms with Crippen molar-refractivity contribution in [2.75, 3.05) is 23.8 Å². The quantitative estimate of drug-likeness (QED) is 0.720. The Kier molecular flexibility index (Phi) is 5.79. The molecule has 168 valence electrons. The first-order valence-electron chi connectivity index (χ1n) is 10.7. The maximum absolute atomic E-state index is 14.1. The summed E-state index contributed by atoms with van der Waals surface area (Å²) >= 11 is 0. The topological polar surface area (TPSA) is 71.0 Å². The highest BCUT2D eigenvalue weighted by Crippen LogP contribution is 2.61. The average Bonchev–Trinajstić information content (AvgIpc) is 3.46. The molecule has 2 aromatic rings. The van der Waals surface area contributed by atoms with Crippen LogP contribution < -0.4 is 10.2 Å². The smallest absolute Gasteiger partial charge is 0.229 e. The van der Waals surface area contributed by atoms with Gasteiger partial charge in [0, 0.05) is 31.3 Å². The molecule has 0 aliphatic heterocycles. The second kappa shape index (κ2) is 8.41. The van der Waals surface area contributed by atoms with Crippen LogP contribution in [0.25, 0.3) is 0 Å². The van der Waals surface area contributed by atoms with E-state index < -0.39 is 11.2 Å². The number of hydrogen-bond donors (Lipinski definition) is 1. The van der Waals surface area contributed by atoms with Crippen molar-refractivity contribution in [1.82, 2.24) is 15.0 Å². The van der Waals surface area contributed by atoms with Gasteiger partial charge in [0.2, 0.25) is 5.91 Å². The van der Waals surface area contributed by atoms with E-state index >= 15 is 0 Å². The number of amides is 1. The summed E-state index contributed by atoms with van der Waals surface area (Å²) in [4.78, 5) is 27.9. The Morgan fingerprint density at radius 2 is 2.03 bits per heavy atom. The molecule has 6 nitrogen and oxygen atoms in total. The van der Waals surface area contributed by atoms with E-state index in [2.05, 4.69) is 20.3 Å². The normalized spacial score (nSPS) is 24.1. The SMILES string of the molecule is Cc1ncc(N(C)C[C@@]2(C3C=CC=C(F)C3)C[C@H]2C(=O)Nc2cc(C)c(F)cn2)c(C)n1. The molecule has 0 spiro atoms. The van der Waals surface area contributed by atoms with Gasteiger partial charge in [-0.05, 0) is 50.8 Å². The minimum atomic E-state index is -0.437. The van der Waals surface area contributed by atoms with E-state index in [-0.39, 0.29) is 30.0 Å². The summed E-state index contributed by atoms with van der Waals surface area (Å²) < 4.78 is 27.7. The first-order valence-corrected chi connectivity index (χ1v) is 10.7. The highest BCUT2D eigenvalue weighted by molar-refractivity contribution is 5.94. The van der Waals surface area contributed by atoms with Crippen molar-refractivity contribution in [3.8, 4) is 0 Å². The zero-order valence-corrected chi connectivity index (χ0v) is 18.7. The van der Waals surface area contributed by atoms with Gasteiger partial charge in [0.05, 0.1) is 23.8 Å². The van der Waals surface area contributed by atoms with Crippen molar-refractivity contribution < 1.29 is 13.6 Å². The predicted octanol–water partition coefficient (Wildman–Crippen LogP) is 4.45. The van der Waals surface area contributed by atoms with Crippen LogP contribution in [0.2, 0.25) is 0 Å². The fourth-order valence-electron chi connectivity index (χ4n) is 4.71. The number of allylic oxidation sites excluding steroid dienone is 4. The first kappa shape index (κ1) is 22.0. The lowest BCUT2D eigenvalue weighted by Crippen LogP contribution is -2.35. The molecule has 3 atom stereocenters. The monoisotopic (exact) mass is 439 g/mol. The Labute approximate surface area is 186 Å². The van der Waals surface area contributed by atoms with Gasteiger partial charge in [-0.2, -0.15) is 0 Å². The van der Waals surface area contributed by atoms with E-state index in [0.717, 1.165) is 17.6 Å². The van der Waals surface area contributed by atoms with Crippen molar-refractivity contribution in [3.63, 3.8) is 0 Å². The third kappa shape index (κ3) is 4.26. The van der Waals surface area contributed by atoms with Gasteiger partial charge in [-0.15, -0.1) is 0 Å². The molecule has 1 N–H and O–H groups in total. The Bertz CT molecular complexity index is 1120. The number of nitrogens with zero attached hydrogens (tertiary/aromatic N) is 4. The molecule has 1 amide bonds. The van der Waals surface area contributed by atoms with Crippen LogP contribution in [0.5, 0.6) is 0 Å². The Morgan fingerprint density at radius 3 is 2.72 bits per heavy atom. The van der Waals surface area contributed by atoms with Crippen LogP contribution in [0.3, 0.4) is 0 Å². The van der Waals surface area contributed by atoms with Gasteiger partial charge >= 0.3 is 0 Å². The third-order valence-electron chi connectivity index (χ3n) is 6.52. The Hall–Kier alpha value is -3.16. The maximum Gasteiger partial charge on any atom is 0.229 e. The van der Waals surface area contributed by atoms with E-state index in [1.54, 1.807) is 19.2 Å². The number of aromatic nitrogens is 3. The number of hydrogen-bond acceptors (Lipinski definition) is 5. The number of rotatable bonds is 6. The van der Waals surface area contributed by atoms with Crippen LogP contribution >= 0.6 is 0 Å². The molecule has 1 saturated carbocycles. The summed E-state index contributed by atoms with van der Waals surface area (Å²) in [5.41, 5.74) is 1.71. The van der Waals surface area contributed by atoms with Crippen molar-refractivity contribution in [3.05, 3.63) is 65.4 Å². The summed E-state index contributed by atoms with van der Waals surface area (Å²) in [6.45, 7) is 5.94. The number of aryl methyl sites for hydroxylation is 3. The molecule has 2 aliphatic rings. The molecule has 1 unspecified atom stereocenters. The fourth-order valence-corrected chi connectivity index (χ4v) is 4.71. The number of nitrogens with one attached hydrogen (secondary N) is 1. The minimum Gasteiger partial charge on any atom is -0.371 e. The van der Waals surface area contributed by atoms with Gasteiger partial charge in [0.15, 0.2) is 0 Å². The van der Waals surface area contributed by atoms with E-state index in [1.807, 2.05) is 31.9 Å². The number of anilines is 2. The molecular formula is C24H27F2N5O. The zero-order chi connectivity index (χ0) is 23.0. The van der Waals surface area contributed by atoms with Crippen LogP contribution in [0.15, 0.2) is 42.5 Å². The summed E-state index contributed by atoms with van der Waals surface area (Å²) in [6, 6.07) is 1.51.